The minimum Gasteiger partial charge on any atom is -0.350 e. The Labute approximate surface area is 156 Å². The average molecular weight is 390 g/mol. The van der Waals surface area contributed by atoms with E-state index >= 15 is 0 Å². The number of piperidine rings is 1. The highest BCUT2D eigenvalue weighted by molar-refractivity contribution is 7.89. The second kappa shape index (κ2) is 9.52. The minimum absolute atomic E-state index is 0. The van der Waals surface area contributed by atoms with Gasteiger partial charge in [-0.3, -0.25) is 4.79 Å². The van der Waals surface area contributed by atoms with E-state index in [4.69, 9.17) is 0 Å². The molecule has 1 heterocycles. The summed E-state index contributed by atoms with van der Waals surface area (Å²) in [5, 5.41) is 5.84. The maximum absolute atomic E-state index is 12.9. The molecule has 2 rings (SSSR count). The van der Waals surface area contributed by atoms with Crippen LogP contribution in [-0.4, -0.2) is 50.9 Å². The van der Waals surface area contributed by atoms with E-state index in [1.54, 1.807) is 22.5 Å². The largest absolute Gasteiger partial charge is 0.350 e. The summed E-state index contributed by atoms with van der Waals surface area (Å²) in [5.74, 6) is -0.263. The van der Waals surface area contributed by atoms with Crippen LogP contribution in [0.2, 0.25) is 0 Å². The number of hydrogen-bond acceptors (Lipinski definition) is 4. The van der Waals surface area contributed by atoms with E-state index in [1.807, 2.05) is 20.9 Å². The molecule has 0 bridgehead atoms. The number of amides is 1. The molecule has 2 atom stereocenters. The van der Waals surface area contributed by atoms with E-state index < -0.39 is 10.0 Å². The third kappa shape index (κ3) is 5.41. The summed E-state index contributed by atoms with van der Waals surface area (Å²) in [4.78, 5) is 12.4. The number of benzene rings is 1. The molecule has 142 valence electrons. The molecule has 0 saturated carbocycles. The second-order valence-corrected chi connectivity index (χ2v) is 8.28. The van der Waals surface area contributed by atoms with E-state index in [1.165, 1.54) is 6.07 Å². The Morgan fingerprint density at radius 1 is 1.36 bits per heavy atom. The SMILES string of the molecule is CNC(C)CNC(=O)c1cccc(S(=O)(=O)N2CCCCC2C)c1.Cl. The van der Waals surface area contributed by atoms with E-state index in [9.17, 15) is 13.2 Å². The van der Waals surface area contributed by atoms with Gasteiger partial charge in [0, 0.05) is 30.7 Å². The van der Waals surface area contributed by atoms with Gasteiger partial charge in [0.05, 0.1) is 4.90 Å². The normalized spacial score (nSPS) is 19.7. The fourth-order valence-corrected chi connectivity index (χ4v) is 4.56. The number of nitrogens with zero attached hydrogens (tertiary/aromatic N) is 1. The molecule has 2 N–H and O–H groups in total. The molecule has 1 aliphatic heterocycles. The summed E-state index contributed by atoms with van der Waals surface area (Å²) in [6.45, 7) is 4.92. The van der Waals surface area contributed by atoms with Crippen LogP contribution in [0, 0.1) is 0 Å². The number of rotatable bonds is 6. The van der Waals surface area contributed by atoms with Crippen molar-refractivity contribution >= 4 is 28.3 Å². The lowest BCUT2D eigenvalue weighted by Crippen LogP contribution is -2.42. The topological polar surface area (TPSA) is 78.5 Å². The van der Waals surface area contributed by atoms with Crippen molar-refractivity contribution in [2.75, 3.05) is 20.1 Å². The Morgan fingerprint density at radius 2 is 2.08 bits per heavy atom. The van der Waals surface area contributed by atoms with Gasteiger partial charge in [-0.15, -0.1) is 12.4 Å². The highest BCUT2D eigenvalue weighted by Crippen LogP contribution is 2.25. The molecular weight excluding hydrogens is 362 g/mol. The van der Waals surface area contributed by atoms with Crippen LogP contribution in [0.3, 0.4) is 0 Å². The van der Waals surface area contributed by atoms with Gasteiger partial charge in [0.1, 0.15) is 0 Å². The molecule has 1 aliphatic rings. The van der Waals surface area contributed by atoms with Crippen LogP contribution in [0.1, 0.15) is 43.5 Å². The third-order valence-electron chi connectivity index (χ3n) is 4.51. The third-order valence-corrected chi connectivity index (χ3v) is 6.52. The highest BCUT2D eigenvalue weighted by Gasteiger charge is 2.31. The van der Waals surface area contributed by atoms with Crippen molar-refractivity contribution in [3.63, 3.8) is 0 Å². The Hall–Kier alpha value is -1.15. The highest BCUT2D eigenvalue weighted by atomic mass is 35.5. The zero-order valence-corrected chi connectivity index (χ0v) is 16.6. The van der Waals surface area contributed by atoms with Crippen LogP contribution in [0.15, 0.2) is 29.2 Å². The van der Waals surface area contributed by atoms with Crippen LogP contribution in [0.25, 0.3) is 0 Å². The van der Waals surface area contributed by atoms with Crippen molar-refractivity contribution in [3.8, 4) is 0 Å². The number of halogens is 1. The number of carbonyl (C=O) groups excluding carboxylic acids is 1. The summed E-state index contributed by atoms with van der Waals surface area (Å²) >= 11 is 0. The lowest BCUT2D eigenvalue weighted by Gasteiger charge is -2.32. The average Bonchev–Trinajstić information content (AvgIpc) is 2.59. The predicted octanol–water partition coefficient (Wildman–Crippen LogP) is 2.01. The summed E-state index contributed by atoms with van der Waals surface area (Å²) in [7, 11) is -1.74. The zero-order valence-electron chi connectivity index (χ0n) is 15.0. The van der Waals surface area contributed by atoms with Gasteiger partial charge in [-0.2, -0.15) is 4.31 Å². The smallest absolute Gasteiger partial charge is 0.251 e. The Balaban J connectivity index is 0.00000312. The van der Waals surface area contributed by atoms with Gasteiger partial charge >= 0.3 is 0 Å². The Kier molecular flexibility index (Phi) is 8.34. The zero-order chi connectivity index (χ0) is 17.7. The van der Waals surface area contributed by atoms with Gasteiger partial charge in [0.2, 0.25) is 10.0 Å². The fourth-order valence-electron chi connectivity index (χ4n) is 2.81. The summed E-state index contributed by atoms with van der Waals surface area (Å²) in [5.41, 5.74) is 0.365. The molecule has 2 unspecified atom stereocenters. The molecule has 0 aromatic heterocycles. The van der Waals surface area contributed by atoms with Crippen molar-refractivity contribution in [1.29, 1.82) is 0 Å². The molecule has 6 nitrogen and oxygen atoms in total. The molecule has 0 radical (unpaired) electrons. The fraction of sp³-hybridized carbons (Fsp3) is 0.588. The van der Waals surface area contributed by atoms with Crippen molar-refractivity contribution in [1.82, 2.24) is 14.9 Å². The van der Waals surface area contributed by atoms with Gasteiger partial charge in [0.25, 0.3) is 5.91 Å². The lowest BCUT2D eigenvalue weighted by atomic mass is 10.1. The molecule has 0 spiro atoms. The molecule has 1 fully saturated rings. The number of hydrogen-bond donors (Lipinski definition) is 2. The standard InChI is InChI=1S/C17H27N3O3S.ClH/c1-13(18-3)12-19-17(21)15-8-6-9-16(11-15)24(22,23)20-10-5-4-7-14(20)2;/h6,8-9,11,13-14,18H,4-5,7,10,12H2,1-3H3,(H,19,21);1H. The maximum atomic E-state index is 12.9. The van der Waals surface area contributed by atoms with Gasteiger partial charge in [0.15, 0.2) is 0 Å². The number of carbonyl (C=O) groups is 1. The Morgan fingerprint density at radius 3 is 2.72 bits per heavy atom. The molecule has 1 amide bonds. The number of nitrogens with one attached hydrogen (secondary N) is 2. The molecule has 1 aromatic carbocycles. The number of sulfonamides is 1. The molecule has 0 aliphatic carbocycles. The minimum atomic E-state index is -3.56. The first-order valence-corrected chi connectivity index (χ1v) is 9.87. The summed E-state index contributed by atoms with van der Waals surface area (Å²) in [6.07, 6.45) is 2.81. The van der Waals surface area contributed by atoms with E-state index in [0.29, 0.717) is 18.7 Å². The molecular formula is C17H28ClN3O3S. The maximum Gasteiger partial charge on any atom is 0.251 e. The molecule has 1 aromatic rings. The summed E-state index contributed by atoms with van der Waals surface area (Å²) < 4.78 is 27.3. The molecule has 8 heteroatoms. The van der Waals surface area contributed by atoms with Gasteiger partial charge in [-0.05, 0) is 51.9 Å². The molecule has 1 saturated heterocycles. The van der Waals surface area contributed by atoms with Crippen LogP contribution in [0.5, 0.6) is 0 Å². The van der Waals surface area contributed by atoms with Crippen molar-refractivity contribution in [2.24, 2.45) is 0 Å². The molecule has 25 heavy (non-hydrogen) atoms. The van der Waals surface area contributed by atoms with Crippen LogP contribution < -0.4 is 10.6 Å². The van der Waals surface area contributed by atoms with E-state index in [-0.39, 0.29) is 35.3 Å². The van der Waals surface area contributed by atoms with Crippen molar-refractivity contribution in [3.05, 3.63) is 29.8 Å². The van der Waals surface area contributed by atoms with Gasteiger partial charge in [-0.1, -0.05) is 12.5 Å². The summed E-state index contributed by atoms with van der Waals surface area (Å²) in [6, 6.07) is 6.43. The predicted molar refractivity (Wildman–Crippen MR) is 102 cm³/mol. The van der Waals surface area contributed by atoms with Crippen LogP contribution in [0.4, 0.5) is 0 Å². The lowest BCUT2D eigenvalue weighted by molar-refractivity contribution is 0.0950. The first-order chi connectivity index (χ1) is 11.4. The van der Waals surface area contributed by atoms with Crippen molar-refractivity contribution in [2.45, 2.75) is 50.1 Å². The van der Waals surface area contributed by atoms with Gasteiger partial charge in [-0.25, -0.2) is 8.42 Å². The van der Waals surface area contributed by atoms with Crippen LogP contribution in [-0.2, 0) is 10.0 Å². The first kappa shape index (κ1) is 21.9. The quantitative estimate of drug-likeness (QED) is 0.780. The van der Waals surface area contributed by atoms with Crippen molar-refractivity contribution < 1.29 is 13.2 Å². The first-order valence-electron chi connectivity index (χ1n) is 8.43. The van der Waals surface area contributed by atoms with E-state index in [2.05, 4.69) is 10.6 Å². The second-order valence-electron chi connectivity index (χ2n) is 6.39. The van der Waals surface area contributed by atoms with E-state index in [0.717, 1.165) is 19.3 Å². The Bertz CT molecular complexity index is 681. The number of likely N-dealkylation sites (N-methyl/N-ethyl adjacent to an activating group) is 1. The van der Waals surface area contributed by atoms with Gasteiger partial charge < -0.3 is 10.6 Å². The van der Waals surface area contributed by atoms with Crippen LogP contribution >= 0.6 is 12.4 Å². The monoisotopic (exact) mass is 389 g/mol.